The Balaban J connectivity index is 1.86. The van der Waals surface area contributed by atoms with E-state index in [2.05, 4.69) is 22.6 Å². The van der Waals surface area contributed by atoms with Crippen LogP contribution in [0.2, 0.25) is 0 Å². The highest BCUT2D eigenvalue weighted by atomic mass is 127. The molecular weight excluding hydrogens is 421 g/mol. The number of benzene rings is 2. The van der Waals surface area contributed by atoms with Gasteiger partial charge in [-0.15, -0.1) is 0 Å². The molecule has 2 amide bonds. The summed E-state index contributed by atoms with van der Waals surface area (Å²) in [5, 5.41) is -0.213. The van der Waals surface area contributed by atoms with Gasteiger partial charge in [-0.05, 0) is 70.1 Å². The lowest BCUT2D eigenvalue weighted by atomic mass is 10.1. The number of hydrogen-bond acceptors (Lipinski definition) is 3. The molecule has 0 bridgehead atoms. The molecule has 0 atom stereocenters. The van der Waals surface area contributed by atoms with Gasteiger partial charge in [0.2, 0.25) is 0 Å². The van der Waals surface area contributed by atoms with E-state index in [1.807, 2.05) is 55.5 Å². The Bertz CT molecular complexity index is 816. The first-order valence-electron chi connectivity index (χ1n) is 7.10. The zero-order valence-corrected chi connectivity index (χ0v) is 15.4. The SMILES string of the molecule is Cc1ccccc1CN1C(=O)S/C(=C\c2ccccc2I)C1=O. The van der Waals surface area contributed by atoms with Crippen molar-refractivity contribution in [1.82, 2.24) is 4.90 Å². The van der Waals surface area contributed by atoms with Gasteiger partial charge < -0.3 is 0 Å². The summed E-state index contributed by atoms with van der Waals surface area (Å²) in [4.78, 5) is 26.6. The Labute approximate surface area is 152 Å². The fourth-order valence-electron chi connectivity index (χ4n) is 2.33. The summed E-state index contributed by atoms with van der Waals surface area (Å²) in [6.07, 6.45) is 1.80. The number of carbonyl (C=O) groups is 2. The molecule has 0 aromatic heterocycles. The molecule has 3 rings (SSSR count). The molecule has 0 aliphatic carbocycles. The van der Waals surface area contributed by atoms with Gasteiger partial charge in [-0.2, -0.15) is 0 Å². The Morgan fingerprint density at radius 2 is 1.78 bits per heavy atom. The number of aryl methyl sites for hydroxylation is 1. The molecule has 2 aromatic carbocycles. The first-order chi connectivity index (χ1) is 11.1. The lowest BCUT2D eigenvalue weighted by molar-refractivity contribution is -0.123. The monoisotopic (exact) mass is 435 g/mol. The fourth-order valence-corrected chi connectivity index (χ4v) is 3.70. The minimum Gasteiger partial charge on any atom is -0.268 e. The fraction of sp³-hybridized carbons (Fsp3) is 0.111. The zero-order chi connectivity index (χ0) is 16.4. The number of nitrogens with zero attached hydrogens (tertiary/aromatic N) is 1. The Kier molecular flexibility index (Phi) is 4.87. The molecule has 0 spiro atoms. The lowest BCUT2D eigenvalue weighted by Crippen LogP contribution is -2.27. The summed E-state index contributed by atoms with van der Waals surface area (Å²) >= 11 is 3.23. The van der Waals surface area contributed by atoms with Crippen molar-refractivity contribution in [3.63, 3.8) is 0 Å². The minimum absolute atomic E-state index is 0.213. The third-order valence-corrected chi connectivity index (χ3v) is 5.54. The van der Waals surface area contributed by atoms with Crippen molar-refractivity contribution in [2.45, 2.75) is 13.5 Å². The predicted octanol–water partition coefficient (Wildman–Crippen LogP) is 4.84. The van der Waals surface area contributed by atoms with Crippen molar-refractivity contribution in [2.24, 2.45) is 0 Å². The van der Waals surface area contributed by atoms with Gasteiger partial charge in [-0.3, -0.25) is 14.5 Å². The standard InChI is InChI=1S/C18H14INO2S/c1-12-6-2-3-8-14(12)11-20-17(21)16(23-18(20)22)10-13-7-4-5-9-15(13)19/h2-10H,11H2,1H3/b16-10-. The molecule has 0 N–H and O–H groups in total. The van der Waals surface area contributed by atoms with Crippen LogP contribution >= 0.6 is 34.4 Å². The molecule has 1 heterocycles. The van der Waals surface area contributed by atoms with E-state index in [1.165, 1.54) is 4.90 Å². The number of thioether (sulfide) groups is 1. The normalized spacial score (nSPS) is 16.4. The maximum Gasteiger partial charge on any atom is 0.293 e. The van der Waals surface area contributed by atoms with E-state index >= 15 is 0 Å². The molecule has 2 aromatic rings. The van der Waals surface area contributed by atoms with Crippen LogP contribution in [0.1, 0.15) is 16.7 Å². The van der Waals surface area contributed by atoms with Crippen LogP contribution in [0.4, 0.5) is 4.79 Å². The van der Waals surface area contributed by atoms with Crippen molar-refractivity contribution >= 4 is 51.6 Å². The quantitative estimate of drug-likeness (QED) is 0.512. The van der Waals surface area contributed by atoms with Crippen molar-refractivity contribution in [2.75, 3.05) is 0 Å². The predicted molar refractivity (Wildman–Crippen MR) is 102 cm³/mol. The molecule has 116 valence electrons. The van der Waals surface area contributed by atoms with Crippen LogP contribution in [0.25, 0.3) is 6.08 Å². The Morgan fingerprint density at radius 1 is 1.09 bits per heavy atom. The van der Waals surface area contributed by atoms with Crippen molar-refractivity contribution in [3.8, 4) is 0 Å². The minimum atomic E-state index is -0.220. The summed E-state index contributed by atoms with van der Waals surface area (Å²) in [5.41, 5.74) is 3.02. The van der Waals surface area contributed by atoms with Crippen LogP contribution in [-0.4, -0.2) is 16.0 Å². The smallest absolute Gasteiger partial charge is 0.268 e. The van der Waals surface area contributed by atoms with Crippen molar-refractivity contribution in [3.05, 3.63) is 73.7 Å². The topological polar surface area (TPSA) is 37.4 Å². The maximum absolute atomic E-state index is 12.6. The van der Waals surface area contributed by atoms with Gasteiger partial charge in [-0.25, -0.2) is 0 Å². The third-order valence-electron chi connectivity index (χ3n) is 3.66. The van der Waals surface area contributed by atoms with Gasteiger partial charge in [0.05, 0.1) is 11.4 Å². The van der Waals surface area contributed by atoms with Gasteiger partial charge in [0.1, 0.15) is 0 Å². The van der Waals surface area contributed by atoms with E-state index in [0.717, 1.165) is 32.0 Å². The molecule has 1 fully saturated rings. The summed E-state index contributed by atoms with van der Waals surface area (Å²) in [7, 11) is 0. The van der Waals surface area contributed by atoms with Gasteiger partial charge in [0, 0.05) is 3.57 Å². The zero-order valence-electron chi connectivity index (χ0n) is 12.5. The van der Waals surface area contributed by atoms with Crippen LogP contribution in [0.5, 0.6) is 0 Å². The molecule has 0 saturated carbocycles. The van der Waals surface area contributed by atoms with Crippen LogP contribution in [-0.2, 0) is 11.3 Å². The van der Waals surface area contributed by atoms with Crippen LogP contribution in [0.3, 0.4) is 0 Å². The highest BCUT2D eigenvalue weighted by molar-refractivity contribution is 14.1. The number of carbonyl (C=O) groups excluding carboxylic acids is 2. The molecular formula is C18H14INO2S. The number of hydrogen-bond donors (Lipinski definition) is 0. The largest absolute Gasteiger partial charge is 0.293 e. The second-order valence-electron chi connectivity index (χ2n) is 5.22. The molecule has 23 heavy (non-hydrogen) atoms. The van der Waals surface area contributed by atoms with Crippen LogP contribution < -0.4 is 0 Å². The maximum atomic E-state index is 12.6. The average molecular weight is 435 g/mol. The van der Waals surface area contributed by atoms with Crippen LogP contribution in [0.15, 0.2) is 53.4 Å². The van der Waals surface area contributed by atoms with E-state index in [-0.39, 0.29) is 11.1 Å². The second-order valence-corrected chi connectivity index (χ2v) is 7.37. The highest BCUT2D eigenvalue weighted by Crippen LogP contribution is 2.34. The number of imide groups is 1. The Morgan fingerprint density at radius 3 is 2.52 bits per heavy atom. The molecule has 3 nitrogen and oxygen atoms in total. The van der Waals surface area contributed by atoms with E-state index in [0.29, 0.717) is 11.4 Å². The summed E-state index contributed by atoms with van der Waals surface area (Å²) < 4.78 is 1.05. The van der Waals surface area contributed by atoms with Gasteiger partial charge in [-0.1, -0.05) is 42.5 Å². The van der Waals surface area contributed by atoms with Gasteiger partial charge >= 0.3 is 0 Å². The molecule has 1 aliphatic heterocycles. The van der Waals surface area contributed by atoms with Crippen molar-refractivity contribution in [1.29, 1.82) is 0 Å². The van der Waals surface area contributed by atoms with E-state index < -0.39 is 0 Å². The third kappa shape index (κ3) is 3.50. The number of rotatable bonds is 3. The van der Waals surface area contributed by atoms with E-state index in [1.54, 1.807) is 6.08 Å². The molecule has 5 heteroatoms. The van der Waals surface area contributed by atoms with Crippen molar-refractivity contribution < 1.29 is 9.59 Å². The first kappa shape index (κ1) is 16.3. The molecule has 1 saturated heterocycles. The van der Waals surface area contributed by atoms with Gasteiger partial charge in [0.25, 0.3) is 11.1 Å². The number of amides is 2. The molecule has 0 unspecified atom stereocenters. The average Bonchev–Trinajstić information content (AvgIpc) is 2.79. The summed E-state index contributed by atoms with van der Waals surface area (Å²) in [6, 6.07) is 15.6. The van der Waals surface area contributed by atoms with E-state index in [9.17, 15) is 9.59 Å². The molecule has 0 radical (unpaired) electrons. The molecule has 1 aliphatic rings. The Hall–Kier alpha value is -1.60. The second kappa shape index (κ2) is 6.88. The van der Waals surface area contributed by atoms with E-state index in [4.69, 9.17) is 0 Å². The highest BCUT2D eigenvalue weighted by Gasteiger charge is 2.35. The number of halogens is 1. The van der Waals surface area contributed by atoms with Gasteiger partial charge in [0.15, 0.2) is 0 Å². The summed E-state index contributed by atoms with van der Waals surface area (Å²) in [6.45, 7) is 2.30. The lowest BCUT2D eigenvalue weighted by Gasteiger charge is -2.14. The van der Waals surface area contributed by atoms with Crippen LogP contribution in [0, 0.1) is 10.5 Å². The summed E-state index contributed by atoms with van der Waals surface area (Å²) in [5.74, 6) is -0.220. The first-order valence-corrected chi connectivity index (χ1v) is 9.00.